The first-order valence-electron chi connectivity index (χ1n) is 9.73. The van der Waals surface area contributed by atoms with E-state index in [0.29, 0.717) is 21.2 Å². The van der Waals surface area contributed by atoms with E-state index in [1.165, 1.54) is 29.3 Å². The maximum atomic E-state index is 12.5. The van der Waals surface area contributed by atoms with E-state index < -0.39 is 0 Å². The van der Waals surface area contributed by atoms with E-state index in [2.05, 4.69) is 25.3 Å². The summed E-state index contributed by atoms with van der Waals surface area (Å²) in [6.45, 7) is 0. The van der Waals surface area contributed by atoms with E-state index in [9.17, 15) is 9.59 Å². The molecule has 2 aromatic carbocycles. The number of aromatic amines is 1. The minimum Gasteiger partial charge on any atom is -0.301 e. The Bertz CT molecular complexity index is 1440. The average Bonchev–Trinajstić information content (AvgIpc) is 3.46. The molecule has 3 aromatic heterocycles. The SMILES string of the molecule is O=C(CSc1nc2c(cnn2-c2ccccc2)c(=O)[nH]1)Cc1nnc(-c2ccccc2)s1. The van der Waals surface area contributed by atoms with Crippen molar-refractivity contribution in [3.63, 3.8) is 0 Å². The summed E-state index contributed by atoms with van der Waals surface area (Å²) in [4.78, 5) is 32.2. The molecular weight excluding hydrogens is 444 g/mol. The lowest BCUT2D eigenvalue weighted by molar-refractivity contribution is -0.116. The number of hydrogen-bond donors (Lipinski definition) is 1. The van der Waals surface area contributed by atoms with E-state index in [4.69, 9.17) is 0 Å². The first-order valence-corrected chi connectivity index (χ1v) is 11.5. The second-order valence-corrected chi connectivity index (χ2v) is 8.90. The van der Waals surface area contributed by atoms with Crippen LogP contribution in [0.2, 0.25) is 0 Å². The normalized spacial score (nSPS) is 11.1. The smallest absolute Gasteiger partial charge is 0.262 e. The van der Waals surface area contributed by atoms with Crippen LogP contribution < -0.4 is 5.56 Å². The highest BCUT2D eigenvalue weighted by Crippen LogP contribution is 2.24. The van der Waals surface area contributed by atoms with Gasteiger partial charge in [0.05, 0.1) is 24.1 Å². The molecule has 0 fully saturated rings. The van der Waals surface area contributed by atoms with Crippen LogP contribution in [0, 0.1) is 0 Å². The Morgan fingerprint density at radius 3 is 2.56 bits per heavy atom. The molecule has 0 atom stereocenters. The lowest BCUT2D eigenvalue weighted by Gasteiger charge is -2.04. The van der Waals surface area contributed by atoms with Gasteiger partial charge in [-0.2, -0.15) is 5.10 Å². The molecule has 32 heavy (non-hydrogen) atoms. The number of rotatable bonds is 7. The van der Waals surface area contributed by atoms with Crippen LogP contribution in [-0.4, -0.2) is 41.5 Å². The summed E-state index contributed by atoms with van der Waals surface area (Å²) in [5.74, 6) is 0.138. The molecule has 0 spiro atoms. The van der Waals surface area contributed by atoms with Crippen LogP contribution in [0.5, 0.6) is 0 Å². The predicted octanol–water partition coefficient (Wildman–Crippen LogP) is 3.53. The van der Waals surface area contributed by atoms with Gasteiger partial charge in [-0.1, -0.05) is 71.6 Å². The molecule has 5 rings (SSSR count). The van der Waals surface area contributed by atoms with E-state index >= 15 is 0 Å². The minimum absolute atomic E-state index is 0.0231. The highest BCUT2D eigenvalue weighted by molar-refractivity contribution is 7.99. The Balaban J connectivity index is 1.29. The molecule has 8 nitrogen and oxygen atoms in total. The van der Waals surface area contributed by atoms with Gasteiger partial charge in [0, 0.05) is 5.56 Å². The van der Waals surface area contributed by atoms with Crippen molar-refractivity contribution in [1.29, 1.82) is 0 Å². The van der Waals surface area contributed by atoms with Gasteiger partial charge in [0.15, 0.2) is 10.8 Å². The number of aromatic nitrogens is 6. The van der Waals surface area contributed by atoms with Gasteiger partial charge in [-0.3, -0.25) is 9.59 Å². The van der Waals surface area contributed by atoms with Crippen molar-refractivity contribution in [3.8, 4) is 16.3 Å². The summed E-state index contributed by atoms with van der Waals surface area (Å²) in [7, 11) is 0. The van der Waals surface area contributed by atoms with Gasteiger partial charge in [0.1, 0.15) is 21.2 Å². The number of thioether (sulfide) groups is 1. The summed E-state index contributed by atoms with van der Waals surface area (Å²) >= 11 is 2.59. The van der Waals surface area contributed by atoms with Crippen LogP contribution in [0.25, 0.3) is 27.3 Å². The third-order valence-corrected chi connectivity index (χ3v) is 6.53. The summed E-state index contributed by atoms with van der Waals surface area (Å²) in [5.41, 5.74) is 1.94. The molecule has 0 aliphatic rings. The average molecular weight is 461 g/mol. The van der Waals surface area contributed by atoms with Crippen molar-refractivity contribution in [2.24, 2.45) is 0 Å². The van der Waals surface area contributed by atoms with E-state index in [0.717, 1.165) is 16.3 Å². The molecular formula is C22H16N6O2S2. The lowest BCUT2D eigenvalue weighted by atomic mass is 10.2. The third kappa shape index (κ3) is 4.23. The van der Waals surface area contributed by atoms with Crippen LogP contribution in [-0.2, 0) is 11.2 Å². The van der Waals surface area contributed by atoms with E-state index in [-0.39, 0.29) is 23.5 Å². The van der Waals surface area contributed by atoms with Crippen LogP contribution in [0.4, 0.5) is 0 Å². The molecule has 0 unspecified atom stereocenters. The summed E-state index contributed by atoms with van der Waals surface area (Å²) in [6, 6.07) is 19.2. The highest BCUT2D eigenvalue weighted by atomic mass is 32.2. The van der Waals surface area contributed by atoms with Crippen LogP contribution in [0.15, 0.2) is 76.8 Å². The zero-order valence-corrected chi connectivity index (χ0v) is 18.3. The van der Waals surface area contributed by atoms with Gasteiger partial charge in [0.2, 0.25) is 0 Å². The van der Waals surface area contributed by atoms with Gasteiger partial charge in [-0.05, 0) is 12.1 Å². The maximum absolute atomic E-state index is 12.5. The summed E-state index contributed by atoms with van der Waals surface area (Å²) in [6.07, 6.45) is 1.68. The standard InChI is InChI=1S/C22H16N6O2S2/c29-16(11-18-26-27-21(32-18)14-7-3-1-4-8-14)13-31-22-24-19-17(20(30)25-22)12-23-28(19)15-9-5-2-6-10-15/h1-10,12H,11,13H2,(H,24,25,30). The van der Waals surface area contributed by atoms with Crippen molar-refractivity contribution in [1.82, 2.24) is 29.9 Å². The summed E-state index contributed by atoms with van der Waals surface area (Å²) in [5, 5.41) is 14.8. The molecule has 1 N–H and O–H groups in total. The number of para-hydroxylation sites is 1. The number of H-pyrrole nitrogens is 1. The zero-order chi connectivity index (χ0) is 21.9. The molecule has 158 valence electrons. The number of nitrogens with zero attached hydrogens (tertiary/aromatic N) is 5. The quantitative estimate of drug-likeness (QED) is 0.292. The number of benzene rings is 2. The number of fused-ring (bicyclic) bond motifs is 1. The van der Waals surface area contributed by atoms with Gasteiger partial charge in [0.25, 0.3) is 5.56 Å². The molecule has 0 aliphatic carbocycles. The first-order chi connectivity index (χ1) is 15.7. The van der Waals surface area contributed by atoms with Gasteiger partial charge >= 0.3 is 0 Å². The molecule has 0 amide bonds. The fourth-order valence-electron chi connectivity index (χ4n) is 3.12. The lowest BCUT2D eigenvalue weighted by Crippen LogP contribution is -2.11. The topological polar surface area (TPSA) is 106 Å². The monoisotopic (exact) mass is 460 g/mol. The minimum atomic E-state index is -0.288. The van der Waals surface area contributed by atoms with Crippen molar-refractivity contribution >= 4 is 39.9 Å². The number of nitrogens with one attached hydrogen (secondary N) is 1. The Labute approximate surface area is 190 Å². The van der Waals surface area contributed by atoms with Gasteiger partial charge in [-0.15, -0.1) is 10.2 Å². The van der Waals surface area contributed by atoms with E-state index in [1.54, 1.807) is 4.68 Å². The number of carbonyl (C=O) groups excluding carboxylic acids is 1. The zero-order valence-electron chi connectivity index (χ0n) is 16.6. The molecule has 3 heterocycles. The predicted molar refractivity (Wildman–Crippen MR) is 124 cm³/mol. The largest absolute Gasteiger partial charge is 0.301 e. The van der Waals surface area contributed by atoms with Crippen molar-refractivity contribution in [2.45, 2.75) is 11.6 Å². The Morgan fingerprint density at radius 1 is 1.03 bits per heavy atom. The number of carbonyl (C=O) groups is 1. The number of hydrogen-bond acceptors (Lipinski definition) is 8. The molecule has 10 heteroatoms. The second-order valence-electron chi connectivity index (χ2n) is 6.87. The fourth-order valence-corrected chi connectivity index (χ4v) is 4.71. The molecule has 0 radical (unpaired) electrons. The Kier molecular flexibility index (Phi) is 5.61. The summed E-state index contributed by atoms with van der Waals surface area (Å²) < 4.78 is 1.61. The van der Waals surface area contributed by atoms with Gasteiger partial charge < -0.3 is 4.98 Å². The molecule has 0 aliphatic heterocycles. The van der Waals surface area contributed by atoms with E-state index in [1.807, 2.05) is 60.7 Å². The number of ketones is 1. The molecule has 5 aromatic rings. The Hall–Kier alpha value is -3.63. The Morgan fingerprint density at radius 2 is 1.78 bits per heavy atom. The van der Waals surface area contributed by atoms with Crippen LogP contribution >= 0.6 is 23.1 Å². The highest BCUT2D eigenvalue weighted by Gasteiger charge is 2.14. The fraction of sp³-hybridized carbons (Fsp3) is 0.0909. The van der Waals surface area contributed by atoms with Crippen LogP contribution in [0.3, 0.4) is 0 Å². The first kappa shape index (κ1) is 20.3. The van der Waals surface area contributed by atoms with Crippen molar-refractivity contribution < 1.29 is 4.79 Å². The van der Waals surface area contributed by atoms with Crippen LogP contribution in [0.1, 0.15) is 5.01 Å². The third-order valence-electron chi connectivity index (χ3n) is 4.62. The molecule has 0 bridgehead atoms. The van der Waals surface area contributed by atoms with Crippen molar-refractivity contribution in [2.75, 3.05) is 5.75 Å². The number of Topliss-reactive ketones (excluding diaryl/α,β-unsaturated/α-hetero) is 1. The maximum Gasteiger partial charge on any atom is 0.262 e. The molecule has 0 saturated heterocycles. The van der Waals surface area contributed by atoms with Gasteiger partial charge in [-0.25, -0.2) is 9.67 Å². The molecule has 0 saturated carbocycles. The second kappa shape index (κ2) is 8.85. The van der Waals surface area contributed by atoms with Crippen molar-refractivity contribution in [3.05, 3.63) is 82.2 Å².